The number of hydrogen-bond donors (Lipinski definition) is 1. The van der Waals surface area contributed by atoms with Crippen molar-refractivity contribution in [2.75, 3.05) is 33.0 Å². The van der Waals surface area contributed by atoms with Crippen molar-refractivity contribution in [2.45, 2.75) is 33.2 Å². The van der Waals surface area contributed by atoms with Crippen LogP contribution in [0.2, 0.25) is 0 Å². The van der Waals surface area contributed by atoms with E-state index in [0.717, 1.165) is 24.7 Å². The molecule has 0 amide bonds. The lowest BCUT2D eigenvalue weighted by molar-refractivity contribution is -0.687. The highest BCUT2D eigenvalue weighted by molar-refractivity contribution is 5.39. The zero-order valence-electron chi connectivity index (χ0n) is 12.9. The summed E-state index contributed by atoms with van der Waals surface area (Å²) in [6.45, 7) is 9.96. The number of benzene rings is 1. The molecule has 0 aromatic heterocycles. The number of ether oxygens (including phenoxy) is 3. The van der Waals surface area contributed by atoms with Gasteiger partial charge in [0.1, 0.15) is 6.61 Å². The minimum Gasteiger partial charge on any atom is -0.490 e. The minimum atomic E-state index is 0.549. The zero-order valence-corrected chi connectivity index (χ0v) is 12.9. The second kappa shape index (κ2) is 10.5. The third kappa shape index (κ3) is 6.78. The van der Waals surface area contributed by atoms with Crippen LogP contribution in [0.15, 0.2) is 24.3 Å². The molecule has 114 valence electrons. The van der Waals surface area contributed by atoms with Crippen molar-refractivity contribution in [3.63, 3.8) is 0 Å². The number of quaternary nitrogens is 1. The van der Waals surface area contributed by atoms with Crippen molar-refractivity contribution in [3.05, 3.63) is 24.3 Å². The Morgan fingerprint density at radius 1 is 1.00 bits per heavy atom. The molecule has 0 radical (unpaired) electrons. The average Bonchev–Trinajstić information content (AvgIpc) is 2.47. The Kier molecular flexibility index (Phi) is 8.83. The molecule has 0 saturated heterocycles. The van der Waals surface area contributed by atoms with Crippen LogP contribution in [0.5, 0.6) is 11.5 Å². The van der Waals surface area contributed by atoms with E-state index in [-0.39, 0.29) is 0 Å². The Labute approximate surface area is 122 Å². The number of hydrogen-bond acceptors (Lipinski definition) is 3. The summed E-state index contributed by atoms with van der Waals surface area (Å²) >= 11 is 0. The van der Waals surface area contributed by atoms with Crippen molar-refractivity contribution >= 4 is 0 Å². The molecule has 20 heavy (non-hydrogen) atoms. The van der Waals surface area contributed by atoms with E-state index in [0.29, 0.717) is 25.9 Å². The van der Waals surface area contributed by atoms with Gasteiger partial charge in [-0.15, -0.1) is 0 Å². The Hall–Kier alpha value is -1.26. The van der Waals surface area contributed by atoms with E-state index in [1.165, 1.54) is 6.42 Å². The molecule has 0 unspecified atom stereocenters. The molecule has 1 aromatic rings. The highest BCUT2D eigenvalue weighted by atomic mass is 16.5. The van der Waals surface area contributed by atoms with Gasteiger partial charge in [-0.3, -0.25) is 0 Å². The second-order valence-corrected chi connectivity index (χ2v) is 4.75. The predicted octanol–water partition coefficient (Wildman–Crippen LogP) is 1.84. The maximum Gasteiger partial charge on any atom is 0.161 e. The molecular weight excluding hydrogens is 254 g/mol. The molecule has 0 aliphatic rings. The summed E-state index contributed by atoms with van der Waals surface area (Å²) in [5.74, 6) is 1.57. The molecule has 1 rings (SSSR count). The molecule has 0 fully saturated rings. The first-order chi connectivity index (χ1) is 9.77. The summed E-state index contributed by atoms with van der Waals surface area (Å²) in [7, 11) is 0. The van der Waals surface area contributed by atoms with Gasteiger partial charge in [0.25, 0.3) is 0 Å². The van der Waals surface area contributed by atoms with E-state index in [2.05, 4.69) is 19.2 Å². The lowest BCUT2D eigenvalue weighted by Crippen LogP contribution is -2.90. The molecule has 2 N–H and O–H groups in total. The van der Waals surface area contributed by atoms with Crippen LogP contribution in [0.1, 0.15) is 27.2 Å². The normalized spacial score (nSPS) is 12.2. The Morgan fingerprint density at radius 2 is 1.70 bits per heavy atom. The van der Waals surface area contributed by atoms with Gasteiger partial charge in [0.2, 0.25) is 0 Å². The molecule has 1 aromatic carbocycles. The minimum absolute atomic E-state index is 0.549. The molecule has 0 spiro atoms. The van der Waals surface area contributed by atoms with Gasteiger partial charge < -0.3 is 19.5 Å². The van der Waals surface area contributed by atoms with Crippen molar-refractivity contribution in [3.8, 4) is 11.5 Å². The fraction of sp³-hybridized carbons (Fsp3) is 0.625. The van der Waals surface area contributed by atoms with Gasteiger partial charge in [-0.2, -0.15) is 0 Å². The molecule has 0 heterocycles. The van der Waals surface area contributed by atoms with E-state index in [4.69, 9.17) is 14.2 Å². The van der Waals surface area contributed by atoms with Crippen LogP contribution in [0.3, 0.4) is 0 Å². The fourth-order valence-corrected chi connectivity index (χ4v) is 1.76. The fourth-order valence-electron chi connectivity index (χ4n) is 1.76. The first-order valence-corrected chi connectivity index (χ1v) is 7.53. The summed E-state index contributed by atoms with van der Waals surface area (Å²) in [6.07, 6.45) is 1.19. The van der Waals surface area contributed by atoms with E-state index in [1.807, 2.05) is 31.2 Å². The van der Waals surface area contributed by atoms with Crippen LogP contribution in [0, 0.1) is 0 Å². The Bertz CT molecular complexity index is 357. The quantitative estimate of drug-likeness (QED) is 0.630. The lowest BCUT2D eigenvalue weighted by atomic mass is 10.3. The lowest BCUT2D eigenvalue weighted by Gasteiger charge is -2.12. The van der Waals surface area contributed by atoms with Crippen molar-refractivity contribution in [1.82, 2.24) is 0 Å². The van der Waals surface area contributed by atoms with Gasteiger partial charge in [-0.1, -0.05) is 19.1 Å². The van der Waals surface area contributed by atoms with Crippen molar-refractivity contribution in [2.24, 2.45) is 0 Å². The topological polar surface area (TPSA) is 44.3 Å². The molecule has 0 bridgehead atoms. The van der Waals surface area contributed by atoms with Gasteiger partial charge >= 0.3 is 0 Å². The molecule has 4 nitrogen and oxygen atoms in total. The van der Waals surface area contributed by atoms with Crippen LogP contribution >= 0.6 is 0 Å². The summed E-state index contributed by atoms with van der Waals surface area (Å²) < 4.78 is 16.7. The zero-order chi connectivity index (χ0) is 14.6. The van der Waals surface area contributed by atoms with Gasteiger partial charge in [0, 0.05) is 0 Å². The van der Waals surface area contributed by atoms with E-state index < -0.39 is 0 Å². The van der Waals surface area contributed by atoms with Crippen LogP contribution in [-0.2, 0) is 4.74 Å². The van der Waals surface area contributed by atoms with Crippen LogP contribution < -0.4 is 14.8 Å². The molecule has 4 heteroatoms. The largest absolute Gasteiger partial charge is 0.490 e. The maximum absolute atomic E-state index is 5.68. The van der Waals surface area contributed by atoms with E-state index in [9.17, 15) is 0 Å². The van der Waals surface area contributed by atoms with Crippen LogP contribution in [0.4, 0.5) is 0 Å². The predicted molar refractivity (Wildman–Crippen MR) is 80.5 cm³/mol. The Balaban J connectivity index is 2.12. The molecule has 0 aliphatic heterocycles. The first-order valence-electron chi connectivity index (χ1n) is 7.53. The van der Waals surface area contributed by atoms with Crippen molar-refractivity contribution < 1.29 is 19.5 Å². The maximum atomic E-state index is 5.68. The number of rotatable bonds is 11. The van der Waals surface area contributed by atoms with Gasteiger partial charge in [0.05, 0.1) is 32.4 Å². The average molecular weight is 282 g/mol. The number of para-hydroxylation sites is 2. The smallest absolute Gasteiger partial charge is 0.161 e. The highest BCUT2D eigenvalue weighted by Gasteiger charge is 2.03. The van der Waals surface area contributed by atoms with Crippen molar-refractivity contribution in [1.29, 1.82) is 0 Å². The molecule has 0 saturated carbocycles. The second-order valence-electron chi connectivity index (χ2n) is 4.75. The summed E-state index contributed by atoms with van der Waals surface area (Å²) in [4.78, 5) is 0. The Morgan fingerprint density at radius 3 is 2.35 bits per heavy atom. The van der Waals surface area contributed by atoms with Gasteiger partial charge in [-0.25, -0.2) is 0 Å². The van der Waals surface area contributed by atoms with Crippen LogP contribution in [-0.4, -0.2) is 39.0 Å². The number of nitrogens with two attached hydrogens (primary N) is 1. The summed E-state index contributed by atoms with van der Waals surface area (Å²) in [5, 5.41) is 2.31. The van der Waals surface area contributed by atoms with E-state index in [1.54, 1.807) is 0 Å². The molecular formula is C16H28NO3+. The first kappa shape index (κ1) is 16.8. The molecule has 0 aliphatic carbocycles. The summed E-state index contributed by atoms with van der Waals surface area (Å²) in [5.41, 5.74) is 0. The summed E-state index contributed by atoms with van der Waals surface area (Å²) in [6, 6.07) is 8.40. The SMILES string of the molecule is CCOc1ccccc1OCCOCC[NH2+][C@H](C)CC. The monoisotopic (exact) mass is 282 g/mol. The third-order valence-corrected chi connectivity index (χ3v) is 3.11. The highest BCUT2D eigenvalue weighted by Crippen LogP contribution is 2.26. The van der Waals surface area contributed by atoms with Crippen LogP contribution in [0.25, 0.3) is 0 Å². The van der Waals surface area contributed by atoms with E-state index >= 15 is 0 Å². The molecule has 1 atom stereocenters. The van der Waals surface area contributed by atoms with Gasteiger partial charge in [-0.05, 0) is 32.4 Å². The van der Waals surface area contributed by atoms with Gasteiger partial charge in [0.15, 0.2) is 11.5 Å². The standard InChI is InChI=1S/C16H27NO3/c1-4-14(3)17-10-11-18-12-13-20-16-9-7-6-8-15(16)19-5-2/h6-9,14,17H,4-5,10-13H2,1-3H3/p+1/t14-/m1/s1. The third-order valence-electron chi connectivity index (χ3n) is 3.11.